The molecule has 1 amide bonds. The van der Waals surface area contributed by atoms with Crippen LogP contribution in [-0.4, -0.2) is 41.5 Å². The summed E-state index contributed by atoms with van der Waals surface area (Å²) in [7, 11) is 0. The van der Waals surface area contributed by atoms with Gasteiger partial charge in [-0.15, -0.1) is 0 Å². The zero-order valence-corrected chi connectivity index (χ0v) is 13.1. The number of rotatable bonds is 1. The second kappa shape index (κ2) is 5.79. The molecule has 1 aliphatic rings. The Kier molecular flexibility index (Phi) is 4.02. The van der Waals surface area contributed by atoms with Gasteiger partial charge in [-0.1, -0.05) is 29.3 Å². The van der Waals surface area contributed by atoms with Crippen molar-refractivity contribution in [3.05, 3.63) is 40.0 Å². The maximum atomic E-state index is 12.6. The van der Waals surface area contributed by atoms with E-state index in [9.17, 15) is 4.79 Å². The van der Waals surface area contributed by atoms with Crippen LogP contribution in [0.4, 0.5) is 0 Å². The molecule has 1 aromatic carbocycles. The zero-order chi connectivity index (χ0) is 15.0. The average Bonchev–Trinajstić information content (AvgIpc) is 2.46. The summed E-state index contributed by atoms with van der Waals surface area (Å²) in [6.07, 6.45) is 0. The molecule has 2 heterocycles. The van der Waals surface area contributed by atoms with E-state index in [1.807, 2.05) is 17.9 Å². The predicted molar refractivity (Wildman–Crippen MR) is 85.1 cm³/mol. The Bertz CT molecular complexity index is 705. The highest BCUT2D eigenvalue weighted by atomic mass is 35.5. The predicted octanol–water partition coefficient (Wildman–Crippen LogP) is 2.98. The number of carbonyl (C=O) groups is 1. The third-order valence-corrected chi connectivity index (χ3v) is 4.24. The number of hydrogen-bond acceptors (Lipinski definition) is 3. The molecule has 1 aromatic heterocycles. The third-order valence-electron chi connectivity index (χ3n) is 3.74. The highest BCUT2D eigenvalue weighted by molar-refractivity contribution is 6.37. The summed E-state index contributed by atoms with van der Waals surface area (Å²) in [6.45, 7) is 4.38. The smallest absolute Gasteiger partial charge is 0.254 e. The van der Waals surface area contributed by atoms with E-state index < -0.39 is 0 Å². The average molecular weight is 324 g/mol. The highest BCUT2D eigenvalue weighted by Crippen LogP contribution is 2.26. The van der Waals surface area contributed by atoms with Gasteiger partial charge in [-0.2, -0.15) is 0 Å². The lowest BCUT2D eigenvalue weighted by molar-refractivity contribution is 0.0656. The lowest BCUT2D eigenvalue weighted by atomic mass is 10.1. The number of piperazine rings is 1. The van der Waals surface area contributed by atoms with Crippen molar-refractivity contribution in [2.24, 2.45) is 0 Å². The molecule has 4 nitrogen and oxygen atoms in total. The summed E-state index contributed by atoms with van der Waals surface area (Å²) in [5.41, 5.74) is 1.25. The topological polar surface area (TPSA) is 45.2 Å². The van der Waals surface area contributed by atoms with E-state index in [1.54, 1.807) is 18.2 Å². The van der Waals surface area contributed by atoms with Crippen molar-refractivity contribution in [3.8, 4) is 0 Å². The molecule has 1 aliphatic heterocycles. The molecule has 6 heteroatoms. The second-order valence-electron chi connectivity index (χ2n) is 5.21. The number of halogens is 2. The molecule has 1 atom stereocenters. The minimum atomic E-state index is 0.0174. The Balaban J connectivity index is 1.98. The van der Waals surface area contributed by atoms with Crippen LogP contribution >= 0.6 is 23.2 Å². The second-order valence-corrected chi connectivity index (χ2v) is 6.00. The molecule has 0 saturated carbocycles. The fourth-order valence-corrected chi connectivity index (χ4v) is 3.12. The molecule has 0 aliphatic carbocycles. The molecular formula is C15H15Cl2N3O. The van der Waals surface area contributed by atoms with E-state index in [0.717, 1.165) is 18.5 Å². The Hall–Kier alpha value is -1.36. The minimum Gasteiger partial charge on any atom is -0.333 e. The molecule has 1 fully saturated rings. The first-order valence-electron chi connectivity index (χ1n) is 6.84. The van der Waals surface area contributed by atoms with E-state index in [2.05, 4.69) is 10.3 Å². The van der Waals surface area contributed by atoms with E-state index >= 15 is 0 Å². The molecular weight excluding hydrogens is 309 g/mol. The Morgan fingerprint density at radius 1 is 1.38 bits per heavy atom. The van der Waals surface area contributed by atoms with Crippen molar-refractivity contribution < 1.29 is 4.79 Å². The van der Waals surface area contributed by atoms with Crippen LogP contribution in [0.25, 0.3) is 10.9 Å². The lowest BCUT2D eigenvalue weighted by Gasteiger charge is -2.34. The Labute approximate surface area is 133 Å². The zero-order valence-electron chi connectivity index (χ0n) is 11.6. The molecule has 21 heavy (non-hydrogen) atoms. The van der Waals surface area contributed by atoms with E-state index in [-0.39, 0.29) is 11.9 Å². The van der Waals surface area contributed by atoms with Gasteiger partial charge in [-0.3, -0.25) is 4.79 Å². The number of carbonyl (C=O) groups excluding carboxylic acids is 1. The molecule has 3 rings (SSSR count). The SMILES string of the molecule is C[C@H]1CNCCN1C(=O)c1ccc2c(Cl)cc(Cl)nc2c1. The number of benzene rings is 1. The van der Waals surface area contributed by atoms with E-state index in [0.29, 0.717) is 27.8 Å². The van der Waals surface area contributed by atoms with Gasteiger partial charge in [0.2, 0.25) is 0 Å². The van der Waals surface area contributed by atoms with Gasteiger partial charge in [0.1, 0.15) is 5.15 Å². The van der Waals surface area contributed by atoms with E-state index in [1.165, 1.54) is 0 Å². The van der Waals surface area contributed by atoms with Crippen LogP contribution in [0.3, 0.4) is 0 Å². The Morgan fingerprint density at radius 2 is 2.19 bits per heavy atom. The number of fused-ring (bicyclic) bond motifs is 1. The number of nitrogens with zero attached hydrogens (tertiary/aromatic N) is 2. The van der Waals surface area contributed by atoms with Gasteiger partial charge in [-0.05, 0) is 25.1 Å². The summed E-state index contributed by atoms with van der Waals surface area (Å²) >= 11 is 12.1. The number of pyridine rings is 1. The molecule has 0 bridgehead atoms. The summed E-state index contributed by atoms with van der Waals surface area (Å²) in [5.74, 6) is 0.0174. The van der Waals surface area contributed by atoms with Crippen LogP contribution in [0.1, 0.15) is 17.3 Å². The van der Waals surface area contributed by atoms with Crippen LogP contribution in [0.2, 0.25) is 10.2 Å². The normalized spacial score (nSPS) is 19.0. The van der Waals surface area contributed by atoms with Gasteiger partial charge in [-0.25, -0.2) is 4.98 Å². The van der Waals surface area contributed by atoms with Crippen LogP contribution in [-0.2, 0) is 0 Å². The van der Waals surface area contributed by atoms with Crippen molar-refractivity contribution in [2.75, 3.05) is 19.6 Å². The first-order valence-corrected chi connectivity index (χ1v) is 7.59. The third kappa shape index (κ3) is 2.84. The van der Waals surface area contributed by atoms with Gasteiger partial charge in [0.25, 0.3) is 5.91 Å². The van der Waals surface area contributed by atoms with Gasteiger partial charge in [0, 0.05) is 36.6 Å². The molecule has 1 saturated heterocycles. The summed E-state index contributed by atoms with van der Waals surface area (Å²) in [5, 5.41) is 4.94. The Morgan fingerprint density at radius 3 is 2.95 bits per heavy atom. The lowest BCUT2D eigenvalue weighted by Crippen LogP contribution is -2.52. The first-order chi connectivity index (χ1) is 10.1. The maximum absolute atomic E-state index is 12.6. The van der Waals surface area contributed by atoms with Crippen LogP contribution in [0.5, 0.6) is 0 Å². The quantitative estimate of drug-likeness (QED) is 0.820. The standard InChI is InChI=1S/C15H15Cl2N3O/c1-9-8-18-4-5-20(9)15(21)10-2-3-11-12(16)7-14(17)19-13(11)6-10/h2-3,6-7,9,18H,4-5,8H2,1H3/t9-/m0/s1. The van der Waals surface area contributed by atoms with Gasteiger partial charge >= 0.3 is 0 Å². The van der Waals surface area contributed by atoms with Crippen molar-refractivity contribution in [2.45, 2.75) is 13.0 Å². The number of nitrogens with one attached hydrogen (secondary N) is 1. The maximum Gasteiger partial charge on any atom is 0.254 e. The summed E-state index contributed by atoms with van der Waals surface area (Å²) in [6, 6.07) is 7.15. The first kappa shape index (κ1) is 14.6. The molecule has 110 valence electrons. The van der Waals surface area contributed by atoms with Crippen molar-refractivity contribution in [3.63, 3.8) is 0 Å². The molecule has 1 N–H and O–H groups in total. The molecule has 0 unspecified atom stereocenters. The number of hydrogen-bond donors (Lipinski definition) is 1. The molecule has 2 aromatic rings. The van der Waals surface area contributed by atoms with Crippen molar-refractivity contribution in [1.29, 1.82) is 0 Å². The number of aromatic nitrogens is 1. The fourth-order valence-electron chi connectivity index (χ4n) is 2.60. The van der Waals surface area contributed by atoms with Crippen molar-refractivity contribution >= 4 is 40.0 Å². The van der Waals surface area contributed by atoms with Gasteiger partial charge < -0.3 is 10.2 Å². The van der Waals surface area contributed by atoms with Crippen LogP contribution in [0, 0.1) is 0 Å². The molecule has 0 spiro atoms. The van der Waals surface area contributed by atoms with Gasteiger partial charge in [0.15, 0.2) is 0 Å². The van der Waals surface area contributed by atoms with Gasteiger partial charge in [0.05, 0.1) is 10.5 Å². The fraction of sp³-hybridized carbons (Fsp3) is 0.333. The van der Waals surface area contributed by atoms with E-state index in [4.69, 9.17) is 23.2 Å². The summed E-state index contributed by atoms with van der Waals surface area (Å²) < 4.78 is 0. The van der Waals surface area contributed by atoms with Crippen LogP contribution in [0.15, 0.2) is 24.3 Å². The van der Waals surface area contributed by atoms with Crippen molar-refractivity contribution in [1.82, 2.24) is 15.2 Å². The highest BCUT2D eigenvalue weighted by Gasteiger charge is 2.24. The monoisotopic (exact) mass is 323 g/mol. The number of amides is 1. The summed E-state index contributed by atoms with van der Waals surface area (Å²) in [4.78, 5) is 18.7. The van der Waals surface area contributed by atoms with Crippen LogP contribution < -0.4 is 5.32 Å². The molecule has 0 radical (unpaired) electrons. The minimum absolute atomic E-state index is 0.0174. The largest absolute Gasteiger partial charge is 0.333 e.